The van der Waals surface area contributed by atoms with Gasteiger partial charge in [0.25, 0.3) is 6.43 Å². The molecule has 0 amide bonds. The maximum absolute atomic E-state index is 13.3. The second kappa shape index (κ2) is 6.12. The molecule has 84 valence electrons. The lowest BCUT2D eigenvalue weighted by molar-refractivity contribution is -0.0170. The van der Waals surface area contributed by atoms with Crippen LogP contribution < -0.4 is 0 Å². The van der Waals surface area contributed by atoms with Crippen molar-refractivity contribution in [3.05, 3.63) is 35.6 Å². The van der Waals surface area contributed by atoms with Crippen LogP contribution in [0.2, 0.25) is 0 Å². The Hall–Kier alpha value is -0.550. The summed E-state index contributed by atoms with van der Waals surface area (Å²) in [5.74, 6) is -0.448. The second-order valence-corrected chi connectivity index (χ2v) is 3.54. The molecule has 0 bridgehead atoms. The van der Waals surface area contributed by atoms with Crippen molar-refractivity contribution in [2.24, 2.45) is 0 Å². The first kappa shape index (κ1) is 12.5. The lowest BCUT2D eigenvalue weighted by Gasteiger charge is -2.15. The van der Waals surface area contributed by atoms with E-state index in [1.807, 2.05) is 0 Å². The minimum atomic E-state index is -2.54. The molecular weight excluding hydrogens is 273 g/mol. The molecule has 1 aromatic rings. The summed E-state index contributed by atoms with van der Waals surface area (Å²) in [6, 6.07) is 5.97. The molecule has 0 aliphatic carbocycles. The van der Waals surface area contributed by atoms with Crippen molar-refractivity contribution in [1.29, 1.82) is 0 Å². The number of hydrogen-bond acceptors (Lipinski definition) is 1. The van der Waals surface area contributed by atoms with E-state index in [9.17, 15) is 13.2 Å². The molecule has 1 unspecified atom stereocenters. The molecule has 1 rings (SSSR count). The molecule has 0 saturated heterocycles. The van der Waals surface area contributed by atoms with E-state index in [4.69, 9.17) is 4.74 Å². The molecule has 0 N–H and O–H groups in total. The quantitative estimate of drug-likeness (QED) is 0.751. The third-order valence-corrected chi connectivity index (χ3v) is 2.40. The van der Waals surface area contributed by atoms with E-state index >= 15 is 0 Å². The smallest absolute Gasteiger partial charge is 0.261 e. The molecule has 0 spiro atoms. The van der Waals surface area contributed by atoms with Gasteiger partial charge < -0.3 is 4.74 Å². The van der Waals surface area contributed by atoms with Crippen molar-refractivity contribution >= 4 is 15.9 Å². The Balaban J connectivity index is 2.70. The Kier molecular flexibility index (Phi) is 5.11. The zero-order valence-corrected chi connectivity index (χ0v) is 9.38. The molecule has 0 heterocycles. The van der Waals surface area contributed by atoms with Crippen LogP contribution in [0.5, 0.6) is 0 Å². The fourth-order valence-electron chi connectivity index (χ4n) is 1.14. The molecule has 1 atom stereocenters. The third-order valence-electron chi connectivity index (χ3n) is 1.82. The average Bonchev–Trinajstić information content (AvgIpc) is 2.21. The van der Waals surface area contributed by atoms with Gasteiger partial charge in [-0.2, -0.15) is 0 Å². The second-order valence-electron chi connectivity index (χ2n) is 2.89. The van der Waals surface area contributed by atoms with Crippen molar-refractivity contribution in [3.8, 4) is 0 Å². The Morgan fingerprint density at radius 3 is 2.47 bits per heavy atom. The van der Waals surface area contributed by atoms with E-state index in [0.29, 0.717) is 0 Å². The van der Waals surface area contributed by atoms with Gasteiger partial charge in [0, 0.05) is 10.9 Å². The van der Waals surface area contributed by atoms with Crippen LogP contribution >= 0.6 is 15.9 Å². The van der Waals surface area contributed by atoms with Crippen LogP contribution in [-0.2, 0) is 4.74 Å². The number of hydrogen-bond donors (Lipinski definition) is 0. The number of halogens is 4. The summed E-state index contributed by atoms with van der Waals surface area (Å²) in [5.41, 5.74) is 0.287. The SMILES string of the molecule is Fc1ccccc1C(CBr)OCC(F)F. The van der Waals surface area contributed by atoms with E-state index in [2.05, 4.69) is 15.9 Å². The van der Waals surface area contributed by atoms with Gasteiger partial charge in [-0.3, -0.25) is 0 Å². The first-order chi connectivity index (χ1) is 7.15. The van der Waals surface area contributed by atoms with Gasteiger partial charge >= 0.3 is 0 Å². The molecule has 0 fully saturated rings. The number of alkyl halides is 3. The van der Waals surface area contributed by atoms with Gasteiger partial charge in [-0.15, -0.1) is 0 Å². The first-order valence-electron chi connectivity index (χ1n) is 4.35. The van der Waals surface area contributed by atoms with Crippen molar-refractivity contribution in [2.75, 3.05) is 11.9 Å². The molecule has 1 aromatic carbocycles. The highest BCUT2D eigenvalue weighted by atomic mass is 79.9. The van der Waals surface area contributed by atoms with Crippen molar-refractivity contribution in [1.82, 2.24) is 0 Å². The van der Waals surface area contributed by atoms with Gasteiger partial charge in [0.2, 0.25) is 0 Å². The van der Waals surface area contributed by atoms with Gasteiger partial charge in [-0.05, 0) is 6.07 Å². The summed E-state index contributed by atoms with van der Waals surface area (Å²) in [4.78, 5) is 0. The Labute approximate surface area is 94.4 Å². The monoisotopic (exact) mass is 282 g/mol. The minimum Gasteiger partial charge on any atom is -0.367 e. The number of rotatable bonds is 5. The van der Waals surface area contributed by atoms with Crippen molar-refractivity contribution in [3.63, 3.8) is 0 Å². The highest BCUT2D eigenvalue weighted by Gasteiger charge is 2.16. The van der Waals surface area contributed by atoms with Crippen LogP contribution in [0.3, 0.4) is 0 Å². The van der Waals surface area contributed by atoms with E-state index < -0.39 is 25.0 Å². The normalized spacial score (nSPS) is 13.1. The molecule has 0 saturated carbocycles. The average molecular weight is 283 g/mol. The fourth-order valence-corrected chi connectivity index (χ4v) is 1.68. The zero-order chi connectivity index (χ0) is 11.3. The maximum atomic E-state index is 13.3. The van der Waals surface area contributed by atoms with E-state index in [-0.39, 0.29) is 10.9 Å². The van der Waals surface area contributed by atoms with Crippen molar-refractivity contribution in [2.45, 2.75) is 12.5 Å². The summed E-state index contributed by atoms with van der Waals surface area (Å²) >= 11 is 3.10. The van der Waals surface area contributed by atoms with Gasteiger partial charge in [0.15, 0.2) is 0 Å². The molecule has 5 heteroatoms. The standard InChI is InChI=1S/C10H10BrF3O/c11-5-9(15-6-10(13)14)7-3-1-2-4-8(7)12/h1-4,9-10H,5-6H2. The first-order valence-corrected chi connectivity index (χ1v) is 5.47. The van der Waals surface area contributed by atoms with E-state index in [1.165, 1.54) is 18.2 Å². The van der Waals surface area contributed by atoms with Crippen LogP contribution in [0.25, 0.3) is 0 Å². The van der Waals surface area contributed by atoms with Crippen LogP contribution in [0, 0.1) is 5.82 Å². The lowest BCUT2D eigenvalue weighted by atomic mass is 10.1. The van der Waals surface area contributed by atoms with Gasteiger partial charge in [-0.25, -0.2) is 13.2 Å². The molecule has 0 aliphatic rings. The molecule has 1 nitrogen and oxygen atoms in total. The highest BCUT2D eigenvalue weighted by Crippen LogP contribution is 2.22. The van der Waals surface area contributed by atoms with E-state index in [1.54, 1.807) is 6.07 Å². The van der Waals surface area contributed by atoms with Gasteiger partial charge in [-0.1, -0.05) is 34.1 Å². The van der Waals surface area contributed by atoms with Crippen LogP contribution in [-0.4, -0.2) is 18.4 Å². The Morgan fingerprint density at radius 1 is 1.27 bits per heavy atom. The molecule has 0 radical (unpaired) electrons. The molecule has 15 heavy (non-hydrogen) atoms. The Morgan fingerprint density at radius 2 is 1.93 bits per heavy atom. The van der Waals surface area contributed by atoms with Crippen LogP contribution in [0.4, 0.5) is 13.2 Å². The maximum Gasteiger partial charge on any atom is 0.261 e. The molecule has 0 aliphatic heterocycles. The molecule has 0 aromatic heterocycles. The van der Waals surface area contributed by atoms with Gasteiger partial charge in [0.1, 0.15) is 12.4 Å². The largest absolute Gasteiger partial charge is 0.367 e. The lowest BCUT2D eigenvalue weighted by Crippen LogP contribution is -2.13. The summed E-state index contributed by atoms with van der Waals surface area (Å²) in [5, 5.41) is 0.278. The van der Waals surface area contributed by atoms with Crippen molar-refractivity contribution < 1.29 is 17.9 Å². The summed E-state index contributed by atoms with van der Waals surface area (Å²) in [6.45, 7) is -0.690. The summed E-state index contributed by atoms with van der Waals surface area (Å²) in [7, 11) is 0. The third kappa shape index (κ3) is 3.83. The molecular formula is C10H10BrF3O. The van der Waals surface area contributed by atoms with E-state index in [0.717, 1.165) is 0 Å². The van der Waals surface area contributed by atoms with Crippen LogP contribution in [0.1, 0.15) is 11.7 Å². The minimum absolute atomic E-state index is 0.278. The predicted octanol–water partition coefficient (Wildman–Crippen LogP) is 3.54. The topological polar surface area (TPSA) is 9.23 Å². The highest BCUT2D eigenvalue weighted by molar-refractivity contribution is 9.09. The number of benzene rings is 1. The fraction of sp³-hybridized carbons (Fsp3) is 0.400. The predicted molar refractivity (Wildman–Crippen MR) is 54.9 cm³/mol. The summed E-state index contributed by atoms with van der Waals surface area (Å²) in [6.07, 6.45) is -3.22. The van der Waals surface area contributed by atoms with Gasteiger partial charge in [0.05, 0.1) is 6.10 Å². The Bertz CT molecular complexity index is 306. The zero-order valence-electron chi connectivity index (χ0n) is 7.80. The number of ether oxygens (including phenoxy) is 1. The van der Waals surface area contributed by atoms with Crippen LogP contribution in [0.15, 0.2) is 24.3 Å². The summed E-state index contributed by atoms with van der Waals surface area (Å²) < 4.78 is 42.0.